The lowest BCUT2D eigenvalue weighted by molar-refractivity contribution is -0.143. The SMILES string of the molecule is CCc1nc(-c2nnn(C)c2Cn2cc(CC(C)C)nn2)ccc1O[C@H]1CCC[C@H](C(=O)O)C1. The van der Waals surface area contributed by atoms with Gasteiger partial charge in [0.05, 0.1) is 41.3 Å². The van der Waals surface area contributed by atoms with Crippen molar-refractivity contribution >= 4 is 5.97 Å². The standard InChI is InChI=1S/C24H33N7O3/c1-5-19-22(34-18-8-6-7-16(12-18)24(32)33)10-9-20(25-19)23-21(30(4)28-27-23)14-31-13-17(26-29-31)11-15(2)3/h9-10,13,15-16,18H,5-8,11-12,14H2,1-4H3,(H,32,33)/t16-,18-/m0/s1. The lowest BCUT2D eigenvalue weighted by atomic mass is 9.87. The van der Waals surface area contributed by atoms with Gasteiger partial charge in [-0.1, -0.05) is 31.2 Å². The van der Waals surface area contributed by atoms with Crippen molar-refractivity contribution in [1.29, 1.82) is 0 Å². The molecule has 1 fully saturated rings. The van der Waals surface area contributed by atoms with E-state index < -0.39 is 5.97 Å². The van der Waals surface area contributed by atoms with Crippen LogP contribution in [0.4, 0.5) is 0 Å². The van der Waals surface area contributed by atoms with Crippen LogP contribution in [0.2, 0.25) is 0 Å². The molecule has 3 heterocycles. The molecule has 0 spiro atoms. The van der Waals surface area contributed by atoms with Gasteiger partial charge in [-0.3, -0.25) is 4.79 Å². The number of aromatic nitrogens is 7. The summed E-state index contributed by atoms with van der Waals surface area (Å²) in [5.74, 6) is 0.148. The Hall–Kier alpha value is -3.30. The zero-order valence-electron chi connectivity index (χ0n) is 20.3. The van der Waals surface area contributed by atoms with Crippen LogP contribution in [-0.4, -0.2) is 52.2 Å². The van der Waals surface area contributed by atoms with Crippen molar-refractivity contribution in [2.45, 2.75) is 71.9 Å². The Morgan fingerprint density at radius 2 is 2.06 bits per heavy atom. The Morgan fingerprint density at radius 3 is 2.79 bits per heavy atom. The van der Waals surface area contributed by atoms with E-state index in [0.717, 1.165) is 42.0 Å². The molecule has 182 valence electrons. The van der Waals surface area contributed by atoms with Gasteiger partial charge in [0.2, 0.25) is 0 Å². The van der Waals surface area contributed by atoms with E-state index in [9.17, 15) is 9.90 Å². The molecular weight excluding hydrogens is 434 g/mol. The van der Waals surface area contributed by atoms with E-state index in [1.807, 2.05) is 32.3 Å². The fraction of sp³-hybridized carbons (Fsp3) is 0.583. The Balaban J connectivity index is 1.54. The molecule has 1 aliphatic carbocycles. The van der Waals surface area contributed by atoms with Gasteiger partial charge in [0.15, 0.2) is 0 Å². The van der Waals surface area contributed by atoms with Crippen molar-refractivity contribution in [2.24, 2.45) is 18.9 Å². The minimum Gasteiger partial charge on any atom is -0.488 e. The van der Waals surface area contributed by atoms with Crippen molar-refractivity contribution in [3.8, 4) is 17.1 Å². The van der Waals surface area contributed by atoms with E-state index in [2.05, 4.69) is 34.5 Å². The molecule has 34 heavy (non-hydrogen) atoms. The minimum absolute atomic E-state index is 0.104. The van der Waals surface area contributed by atoms with Gasteiger partial charge in [0.25, 0.3) is 0 Å². The molecule has 10 heteroatoms. The van der Waals surface area contributed by atoms with Crippen molar-refractivity contribution in [3.63, 3.8) is 0 Å². The van der Waals surface area contributed by atoms with Crippen molar-refractivity contribution < 1.29 is 14.6 Å². The first-order valence-corrected chi connectivity index (χ1v) is 12.0. The molecule has 3 aromatic heterocycles. The average molecular weight is 468 g/mol. The van der Waals surface area contributed by atoms with Gasteiger partial charge in [-0.25, -0.2) is 14.3 Å². The predicted molar refractivity (Wildman–Crippen MR) is 125 cm³/mol. The molecule has 1 aliphatic rings. The summed E-state index contributed by atoms with van der Waals surface area (Å²) < 4.78 is 9.77. The van der Waals surface area contributed by atoms with Gasteiger partial charge < -0.3 is 9.84 Å². The average Bonchev–Trinajstić information content (AvgIpc) is 3.40. The molecule has 0 aromatic carbocycles. The normalized spacial score (nSPS) is 18.4. The van der Waals surface area contributed by atoms with Crippen LogP contribution in [0.3, 0.4) is 0 Å². The molecule has 2 atom stereocenters. The Morgan fingerprint density at radius 1 is 1.24 bits per heavy atom. The van der Waals surface area contributed by atoms with Crippen LogP contribution in [0.15, 0.2) is 18.3 Å². The van der Waals surface area contributed by atoms with Crippen LogP contribution >= 0.6 is 0 Å². The summed E-state index contributed by atoms with van der Waals surface area (Å²) >= 11 is 0. The monoisotopic (exact) mass is 467 g/mol. The van der Waals surface area contributed by atoms with Crippen LogP contribution in [0.1, 0.15) is 63.5 Å². The first kappa shape index (κ1) is 23.8. The van der Waals surface area contributed by atoms with E-state index >= 15 is 0 Å². The van der Waals surface area contributed by atoms with E-state index in [1.165, 1.54) is 0 Å². The smallest absolute Gasteiger partial charge is 0.306 e. The van der Waals surface area contributed by atoms with Crippen LogP contribution in [-0.2, 0) is 31.2 Å². The summed E-state index contributed by atoms with van der Waals surface area (Å²) in [6.07, 6.45) is 6.40. The summed E-state index contributed by atoms with van der Waals surface area (Å²) in [6.45, 7) is 6.84. The largest absolute Gasteiger partial charge is 0.488 e. The molecule has 0 saturated heterocycles. The minimum atomic E-state index is -0.739. The van der Waals surface area contributed by atoms with Gasteiger partial charge in [-0.15, -0.1) is 10.2 Å². The topological polar surface area (TPSA) is 121 Å². The number of carboxylic acids is 1. The summed E-state index contributed by atoms with van der Waals surface area (Å²) in [5, 5.41) is 26.5. The highest BCUT2D eigenvalue weighted by Gasteiger charge is 2.29. The second kappa shape index (κ2) is 10.3. The summed E-state index contributed by atoms with van der Waals surface area (Å²) in [7, 11) is 1.86. The van der Waals surface area contributed by atoms with E-state index in [0.29, 0.717) is 43.2 Å². The van der Waals surface area contributed by atoms with Gasteiger partial charge in [-0.05, 0) is 56.6 Å². The number of carbonyl (C=O) groups is 1. The van der Waals surface area contributed by atoms with Crippen LogP contribution in [0.5, 0.6) is 5.75 Å². The van der Waals surface area contributed by atoms with Crippen LogP contribution in [0.25, 0.3) is 11.4 Å². The fourth-order valence-corrected chi connectivity index (χ4v) is 4.47. The maximum Gasteiger partial charge on any atom is 0.306 e. The Labute approximate surface area is 199 Å². The fourth-order valence-electron chi connectivity index (χ4n) is 4.47. The number of carboxylic acid groups (broad SMARTS) is 1. The number of hydrogen-bond acceptors (Lipinski definition) is 7. The van der Waals surface area contributed by atoms with Crippen molar-refractivity contribution in [1.82, 2.24) is 35.0 Å². The zero-order valence-corrected chi connectivity index (χ0v) is 20.3. The Kier molecular flexibility index (Phi) is 7.23. The number of rotatable bonds is 9. The summed E-state index contributed by atoms with van der Waals surface area (Å²) in [5.41, 5.74) is 4.11. The van der Waals surface area contributed by atoms with Gasteiger partial charge in [-0.2, -0.15) is 0 Å². The summed E-state index contributed by atoms with van der Waals surface area (Å²) in [4.78, 5) is 16.2. The number of hydrogen-bond donors (Lipinski definition) is 1. The third-order valence-electron chi connectivity index (χ3n) is 6.24. The third kappa shape index (κ3) is 5.43. The van der Waals surface area contributed by atoms with E-state index in [4.69, 9.17) is 9.72 Å². The summed E-state index contributed by atoms with van der Waals surface area (Å²) in [6, 6.07) is 3.81. The molecule has 0 bridgehead atoms. The first-order valence-electron chi connectivity index (χ1n) is 12.0. The number of pyridine rings is 1. The van der Waals surface area contributed by atoms with Crippen LogP contribution in [0, 0.1) is 11.8 Å². The zero-order chi connectivity index (χ0) is 24.2. The molecule has 0 aliphatic heterocycles. The number of ether oxygens (including phenoxy) is 1. The van der Waals surface area contributed by atoms with Crippen molar-refractivity contribution in [3.05, 3.63) is 35.4 Å². The highest BCUT2D eigenvalue weighted by molar-refractivity contribution is 5.70. The van der Waals surface area contributed by atoms with Crippen molar-refractivity contribution in [2.75, 3.05) is 0 Å². The van der Waals surface area contributed by atoms with Gasteiger partial charge in [0.1, 0.15) is 11.4 Å². The van der Waals surface area contributed by atoms with Gasteiger partial charge in [0, 0.05) is 13.2 Å². The maximum absolute atomic E-state index is 11.4. The lowest BCUT2D eigenvalue weighted by Crippen LogP contribution is -2.29. The molecule has 0 amide bonds. The molecule has 3 aromatic rings. The molecule has 1 N–H and O–H groups in total. The van der Waals surface area contributed by atoms with Gasteiger partial charge >= 0.3 is 5.97 Å². The number of aliphatic carboxylic acids is 1. The van der Waals surface area contributed by atoms with Crippen LogP contribution < -0.4 is 4.74 Å². The second-order valence-corrected chi connectivity index (χ2v) is 9.45. The van der Waals surface area contributed by atoms with E-state index in [1.54, 1.807) is 9.36 Å². The Bertz CT molecular complexity index is 1140. The molecule has 4 rings (SSSR count). The number of nitrogens with zero attached hydrogens (tertiary/aromatic N) is 7. The quantitative estimate of drug-likeness (QED) is 0.509. The highest BCUT2D eigenvalue weighted by atomic mass is 16.5. The molecule has 10 nitrogen and oxygen atoms in total. The molecular formula is C24H33N7O3. The number of aryl methyl sites for hydroxylation is 2. The maximum atomic E-state index is 11.4. The molecule has 0 radical (unpaired) electrons. The first-order chi connectivity index (χ1) is 16.3. The molecule has 1 saturated carbocycles. The third-order valence-corrected chi connectivity index (χ3v) is 6.24. The second-order valence-electron chi connectivity index (χ2n) is 9.45. The molecule has 0 unspecified atom stereocenters. The predicted octanol–water partition coefficient (Wildman–Crippen LogP) is 3.30. The highest BCUT2D eigenvalue weighted by Crippen LogP contribution is 2.31. The van der Waals surface area contributed by atoms with E-state index in [-0.39, 0.29) is 12.0 Å². The lowest BCUT2D eigenvalue weighted by Gasteiger charge is -2.28.